The van der Waals surface area contributed by atoms with Gasteiger partial charge < -0.3 is 10.2 Å². The fourth-order valence-electron chi connectivity index (χ4n) is 4.19. The van der Waals surface area contributed by atoms with Crippen LogP contribution in [0.2, 0.25) is 0 Å². The predicted molar refractivity (Wildman–Crippen MR) is 103 cm³/mol. The maximum absolute atomic E-state index is 12.4. The molecular formula is C20H31N5O2. The second-order valence-corrected chi connectivity index (χ2v) is 7.59. The molecule has 1 N–H and O–H groups in total. The lowest BCUT2D eigenvalue weighted by atomic mass is 9.92. The Morgan fingerprint density at radius 2 is 2.00 bits per heavy atom. The topological polar surface area (TPSA) is 78.4 Å². The van der Waals surface area contributed by atoms with E-state index in [2.05, 4.69) is 27.1 Å². The van der Waals surface area contributed by atoms with Crippen LogP contribution in [0.4, 0.5) is 0 Å². The molecular weight excluding hydrogens is 342 g/mol. The van der Waals surface area contributed by atoms with Gasteiger partial charge in [0.2, 0.25) is 5.91 Å². The van der Waals surface area contributed by atoms with E-state index in [0.29, 0.717) is 24.1 Å². The molecule has 0 spiro atoms. The first-order valence-electron chi connectivity index (χ1n) is 10.2. The average molecular weight is 374 g/mol. The minimum absolute atomic E-state index is 0.0451. The molecule has 1 aromatic heterocycles. The van der Waals surface area contributed by atoms with E-state index in [1.807, 2.05) is 4.90 Å². The van der Waals surface area contributed by atoms with Gasteiger partial charge in [-0.05, 0) is 51.1 Å². The van der Waals surface area contributed by atoms with E-state index >= 15 is 0 Å². The highest BCUT2D eigenvalue weighted by atomic mass is 16.2. The van der Waals surface area contributed by atoms with Crippen molar-refractivity contribution in [2.45, 2.75) is 51.5 Å². The van der Waals surface area contributed by atoms with Crippen molar-refractivity contribution >= 4 is 11.8 Å². The monoisotopic (exact) mass is 373 g/mol. The maximum Gasteiger partial charge on any atom is 0.274 e. The minimum Gasteiger partial charge on any atom is -0.355 e. The molecule has 1 aromatic rings. The van der Waals surface area contributed by atoms with Gasteiger partial charge in [0.05, 0.1) is 6.20 Å². The molecule has 148 valence electrons. The number of hydrogen-bond donors (Lipinski definition) is 1. The summed E-state index contributed by atoms with van der Waals surface area (Å²) in [4.78, 5) is 36.9. The highest BCUT2D eigenvalue weighted by Crippen LogP contribution is 2.23. The number of carbonyl (C=O) groups is 2. The van der Waals surface area contributed by atoms with Crippen LogP contribution in [0.5, 0.6) is 0 Å². The van der Waals surface area contributed by atoms with Gasteiger partial charge in [-0.3, -0.25) is 19.5 Å². The van der Waals surface area contributed by atoms with Gasteiger partial charge in [0, 0.05) is 44.5 Å². The summed E-state index contributed by atoms with van der Waals surface area (Å²) >= 11 is 0. The number of aromatic nitrogens is 2. The van der Waals surface area contributed by atoms with Crippen molar-refractivity contribution in [3.8, 4) is 0 Å². The number of likely N-dealkylation sites (N-methyl/N-ethyl adjacent to an activating group) is 1. The van der Waals surface area contributed by atoms with Crippen LogP contribution in [0.3, 0.4) is 0 Å². The third-order valence-corrected chi connectivity index (χ3v) is 5.90. The van der Waals surface area contributed by atoms with Crippen LogP contribution in [-0.2, 0) is 4.79 Å². The largest absolute Gasteiger partial charge is 0.355 e. The third-order valence-electron chi connectivity index (χ3n) is 5.90. The first-order valence-corrected chi connectivity index (χ1v) is 10.2. The van der Waals surface area contributed by atoms with Crippen molar-refractivity contribution < 1.29 is 9.59 Å². The Balaban J connectivity index is 1.33. The molecule has 0 aromatic carbocycles. The second kappa shape index (κ2) is 9.78. The zero-order chi connectivity index (χ0) is 19.1. The summed E-state index contributed by atoms with van der Waals surface area (Å²) < 4.78 is 0. The molecule has 1 atom stereocenters. The summed E-state index contributed by atoms with van der Waals surface area (Å²) in [6.45, 7) is 6.64. The summed E-state index contributed by atoms with van der Waals surface area (Å²) in [5.41, 5.74) is 0.406. The lowest BCUT2D eigenvalue weighted by molar-refractivity contribution is -0.121. The van der Waals surface area contributed by atoms with Crippen LogP contribution in [0.25, 0.3) is 0 Å². The van der Waals surface area contributed by atoms with E-state index in [-0.39, 0.29) is 11.8 Å². The van der Waals surface area contributed by atoms with Gasteiger partial charge >= 0.3 is 0 Å². The van der Waals surface area contributed by atoms with Gasteiger partial charge in [0.25, 0.3) is 5.91 Å². The zero-order valence-electron chi connectivity index (χ0n) is 16.3. The minimum atomic E-state index is -0.0451. The van der Waals surface area contributed by atoms with E-state index in [9.17, 15) is 9.59 Å². The third kappa shape index (κ3) is 5.48. The van der Waals surface area contributed by atoms with E-state index in [4.69, 9.17) is 0 Å². The van der Waals surface area contributed by atoms with Crippen molar-refractivity contribution in [3.05, 3.63) is 24.3 Å². The van der Waals surface area contributed by atoms with Crippen LogP contribution in [0.15, 0.2) is 18.6 Å². The molecule has 2 fully saturated rings. The molecule has 0 unspecified atom stereocenters. The molecule has 0 radical (unpaired) electrons. The Hall–Kier alpha value is -2.02. The molecule has 2 amide bonds. The molecule has 27 heavy (non-hydrogen) atoms. The molecule has 0 bridgehead atoms. The Morgan fingerprint density at radius 3 is 2.70 bits per heavy atom. The highest BCUT2D eigenvalue weighted by Gasteiger charge is 2.26. The first kappa shape index (κ1) is 19.7. The lowest BCUT2D eigenvalue weighted by Gasteiger charge is -2.31. The first-order chi connectivity index (χ1) is 13.2. The van der Waals surface area contributed by atoms with Crippen LogP contribution in [0.1, 0.15) is 55.9 Å². The number of nitrogens with one attached hydrogen (secondary N) is 1. The molecule has 7 heteroatoms. The number of rotatable bonds is 7. The summed E-state index contributed by atoms with van der Waals surface area (Å²) in [5.74, 6) is 0.632. The molecule has 0 aliphatic carbocycles. The number of nitrogens with zero attached hydrogens (tertiary/aromatic N) is 4. The Morgan fingerprint density at radius 1 is 1.19 bits per heavy atom. The molecule has 2 aliphatic heterocycles. The zero-order valence-corrected chi connectivity index (χ0v) is 16.3. The van der Waals surface area contributed by atoms with E-state index in [1.165, 1.54) is 19.0 Å². The summed E-state index contributed by atoms with van der Waals surface area (Å²) in [5, 5.41) is 3.12. The van der Waals surface area contributed by atoms with Gasteiger partial charge in [-0.2, -0.15) is 0 Å². The van der Waals surface area contributed by atoms with Crippen LogP contribution < -0.4 is 5.32 Å². The van der Waals surface area contributed by atoms with Gasteiger partial charge in [-0.1, -0.05) is 6.92 Å². The Bertz CT molecular complexity index is 616. The van der Waals surface area contributed by atoms with Crippen LogP contribution in [-0.4, -0.2) is 70.3 Å². The Kier molecular flexibility index (Phi) is 7.15. The lowest BCUT2D eigenvalue weighted by Crippen LogP contribution is -2.40. The highest BCUT2D eigenvalue weighted by molar-refractivity contribution is 5.92. The summed E-state index contributed by atoms with van der Waals surface area (Å²) in [6, 6.07) is 0.509. The summed E-state index contributed by atoms with van der Waals surface area (Å²) in [6.07, 6.45) is 10.4. The quantitative estimate of drug-likeness (QED) is 0.787. The smallest absolute Gasteiger partial charge is 0.274 e. The maximum atomic E-state index is 12.4. The fourth-order valence-corrected chi connectivity index (χ4v) is 4.19. The van der Waals surface area contributed by atoms with E-state index < -0.39 is 0 Å². The number of amides is 2. The molecule has 3 heterocycles. The fraction of sp³-hybridized carbons (Fsp3) is 0.700. The number of likely N-dealkylation sites (tertiary alicyclic amines) is 2. The summed E-state index contributed by atoms with van der Waals surface area (Å²) in [7, 11) is 0. The molecule has 7 nitrogen and oxygen atoms in total. The van der Waals surface area contributed by atoms with Crippen molar-refractivity contribution in [1.82, 2.24) is 25.1 Å². The standard InChI is InChI=1S/C20H31N5O2/c1-2-24-11-3-4-17(24)14-23-19(26)6-5-16-7-12-25(13-8-16)20(27)18-15-21-9-10-22-18/h9-10,15-17H,2-8,11-14H2,1H3,(H,23,26)/t17-/m0/s1. The number of hydrogen-bond acceptors (Lipinski definition) is 5. The Labute approximate surface area is 161 Å². The van der Waals surface area contributed by atoms with Gasteiger partial charge in [0.1, 0.15) is 5.69 Å². The van der Waals surface area contributed by atoms with Gasteiger partial charge in [0.15, 0.2) is 0 Å². The normalized spacial score (nSPS) is 21.4. The van der Waals surface area contributed by atoms with Crippen molar-refractivity contribution in [2.75, 3.05) is 32.7 Å². The van der Waals surface area contributed by atoms with Gasteiger partial charge in [-0.25, -0.2) is 4.98 Å². The van der Waals surface area contributed by atoms with Crippen molar-refractivity contribution in [3.63, 3.8) is 0 Å². The van der Waals surface area contributed by atoms with E-state index in [0.717, 1.165) is 52.0 Å². The SMILES string of the molecule is CCN1CCC[C@H]1CNC(=O)CCC1CCN(C(=O)c2cnccn2)CC1. The van der Waals surface area contributed by atoms with Crippen LogP contribution in [0, 0.1) is 5.92 Å². The van der Waals surface area contributed by atoms with Crippen molar-refractivity contribution in [1.29, 1.82) is 0 Å². The second-order valence-electron chi connectivity index (χ2n) is 7.59. The number of carbonyl (C=O) groups excluding carboxylic acids is 2. The van der Waals surface area contributed by atoms with Crippen molar-refractivity contribution in [2.24, 2.45) is 5.92 Å². The number of piperidine rings is 1. The van der Waals surface area contributed by atoms with Gasteiger partial charge in [-0.15, -0.1) is 0 Å². The molecule has 2 saturated heterocycles. The molecule has 2 aliphatic rings. The van der Waals surface area contributed by atoms with E-state index in [1.54, 1.807) is 12.4 Å². The molecule has 0 saturated carbocycles. The predicted octanol–water partition coefficient (Wildman–Crippen LogP) is 1.71. The van der Waals surface area contributed by atoms with Crippen LogP contribution >= 0.6 is 0 Å². The molecule has 3 rings (SSSR count). The average Bonchev–Trinajstić information content (AvgIpc) is 3.19.